The van der Waals surface area contributed by atoms with E-state index in [1.807, 2.05) is 49.1 Å². The lowest BCUT2D eigenvalue weighted by atomic mass is 10.0. The predicted molar refractivity (Wildman–Crippen MR) is 76.7 cm³/mol. The summed E-state index contributed by atoms with van der Waals surface area (Å²) in [6.07, 6.45) is 0.325. The Kier molecular flexibility index (Phi) is 6.53. The smallest absolute Gasteiger partial charge is 0.224 e. The number of carbonyl (C=O) groups is 1. The number of carbonyl (C=O) groups excluding carboxylic acids is 1. The molecular formula is C15H24N2O2. The molecule has 0 saturated carbocycles. The van der Waals surface area contributed by atoms with Crippen LogP contribution in [0.3, 0.4) is 0 Å². The molecule has 0 radical (unpaired) electrons. The maximum Gasteiger partial charge on any atom is 0.224 e. The Labute approximate surface area is 115 Å². The van der Waals surface area contributed by atoms with Crippen molar-refractivity contribution in [1.82, 2.24) is 4.90 Å². The number of benzene rings is 1. The molecule has 0 aliphatic rings. The van der Waals surface area contributed by atoms with E-state index in [1.165, 1.54) is 0 Å². The minimum absolute atomic E-state index is 0.0726. The largest absolute Gasteiger partial charge is 0.383 e. The molecule has 0 bridgehead atoms. The van der Waals surface area contributed by atoms with E-state index in [1.54, 1.807) is 7.11 Å². The summed E-state index contributed by atoms with van der Waals surface area (Å²) in [4.78, 5) is 14.1. The van der Waals surface area contributed by atoms with Crippen molar-refractivity contribution in [1.29, 1.82) is 0 Å². The van der Waals surface area contributed by atoms with Gasteiger partial charge in [0.1, 0.15) is 0 Å². The van der Waals surface area contributed by atoms with Crippen LogP contribution in [-0.2, 0) is 9.53 Å². The molecular weight excluding hydrogens is 240 g/mol. The van der Waals surface area contributed by atoms with Crippen molar-refractivity contribution in [2.24, 2.45) is 5.73 Å². The average Bonchev–Trinajstić information content (AvgIpc) is 2.39. The first-order valence-corrected chi connectivity index (χ1v) is 6.65. The van der Waals surface area contributed by atoms with Crippen LogP contribution in [0, 0.1) is 0 Å². The minimum Gasteiger partial charge on any atom is -0.383 e. The molecule has 1 unspecified atom stereocenters. The standard InChI is InChI=1S/C15H24N2O2/c1-12(2)17(9-10-19-3)15(18)11-14(16)13-7-5-4-6-8-13/h4-8,12,14H,9-11,16H2,1-3H3. The van der Waals surface area contributed by atoms with E-state index in [0.29, 0.717) is 19.6 Å². The van der Waals surface area contributed by atoms with Gasteiger partial charge in [-0.2, -0.15) is 0 Å². The minimum atomic E-state index is -0.252. The highest BCUT2D eigenvalue weighted by Gasteiger charge is 2.19. The summed E-state index contributed by atoms with van der Waals surface area (Å²) in [6, 6.07) is 9.62. The van der Waals surface area contributed by atoms with Crippen LogP contribution in [0.5, 0.6) is 0 Å². The first-order valence-electron chi connectivity index (χ1n) is 6.65. The lowest BCUT2D eigenvalue weighted by Crippen LogP contribution is -2.40. The summed E-state index contributed by atoms with van der Waals surface area (Å²) >= 11 is 0. The van der Waals surface area contributed by atoms with Crippen LogP contribution < -0.4 is 5.73 Å². The Morgan fingerprint density at radius 3 is 2.47 bits per heavy atom. The third-order valence-electron chi connectivity index (χ3n) is 3.10. The quantitative estimate of drug-likeness (QED) is 0.819. The third kappa shape index (κ3) is 5.01. The monoisotopic (exact) mass is 264 g/mol. The fraction of sp³-hybridized carbons (Fsp3) is 0.533. The van der Waals surface area contributed by atoms with Gasteiger partial charge in [-0.1, -0.05) is 30.3 Å². The topological polar surface area (TPSA) is 55.6 Å². The molecule has 0 fully saturated rings. The Hall–Kier alpha value is -1.39. The molecule has 1 atom stereocenters. The second-order valence-corrected chi connectivity index (χ2v) is 4.89. The molecule has 106 valence electrons. The van der Waals surface area contributed by atoms with Crippen LogP contribution in [0.2, 0.25) is 0 Å². The lowest BCUT2D eigenvalue weighted by molar-refractivity contribution is -0.134. The van der Waals surface area contributed by atoms with Crippen molar-refractivity contribution in [3.05, 3.63) is 35.9 Å². The molecule has 0 aliphatic carbocycles. The average molecular weight is 264 g/mol. The third-order valence-corrected chi connectivity index (χ3v) is 3.10. The van der Waals surface area contributed by atoms with Crippen LogP contribution in [0.4, 0.5) is 0 Å². The van der Waals surface area contributed by atoms with Crippen molar-refractivity contribution in [3.63, 3.8) is 0 Å². The Morgan fingerprint density at radius 2 is 1.95 bits per heavy atom. The number of ether oxygens (including phenoxy) is 1. The van der Waals surface area contributed by atoms with Crippen LogP contribution in [-0.4, -0.2) is 37.1 Å². The molecule has 19 heavy (non-hydrogen) atoms. The van der Waals surface area contributed by atoms with E-state index < -0.39 is 0 Å². The van der Waals surface area contributed by atoms with Crippen molar-refractivity contribution < 1.29 is 9.53 Å². The molecule has 1 aromatic rings. The molecule has 4 nitrogen and oxygen atoms in total. The molecule has 1 aromatic carbocycles. The van der Waals surface area contributed by atoms with Crippen LogP contribution in [0.1, 0.15) is 31.9 Å². The fourth-order valence-corrected chi connectivity index (χ4v) is 1.98. The Morgan fingerprint density at radius 1 is 1.32 bits per heavy atom. The van der Waals surface area contributed by atoms with Crippen molar-refractivity contribution >= 4 is 5.91 Å². The highest BCUT2D eigenvalue weighted by molar-refractivity contribution is 5.77. The van der Waals surface area contributed by atoms with Gasteiger partial charge in [-0.25, -0.2) is 0 Å². The number of nitrogens with two attached hydrogens (primary N) is 1. The number of rotatable bonds is 7. The predicted octanol–water partition coefficient (Wildman–Crippen LogP) is 1.96. The Balaban J connectivity index is 2.61. The molecule has 0 saturated heterocycles. The van der Waals surface area contributed by atoms with Gasteiger partial charge in [0.05, 0.1) is 6.61 Å². The number of hydrogen-bond acceptors (Lipinski definition) is 3. The van der Waals surface area contributed by atoms with E-state index in [-0.39, 0.29) is 18.0 Å². The van der Waals surface area contributed by atoms with Gasteiger partial charge in [-0.15, -0.1) is 0 Å². The lowest BCUT2D eigenvalue weighted by Gasteiger charge is -2.27. The number of amides is 1. The van der Waals surface area contributed by atoms with Crippen LogP contribution in [0.25, 0.3) is 0 Å². The highest BCUT2D eigenvalue weighted by Crippen LogP contribution is 2.15. The normalized spacial score (nSPS) is 12.5. The second-order valence-electron chi connectivity index (χ2n) is 4.89. The number of nitrogens with zero attached hydrogens (tertiary/aromatic N) is 1. The van der Waals surface area contributed by atoms with E-state index >= 15 is 0 Å². The van der Waals surface area contributed by atoms with Gasteiger partial charge in [-0.05, 0) is 19.4 Å². The summed E-state index contributed by atoms with van der Waals surface area (Å²) < 4.78 is 5.04. The zero-order chi connectivity index (χ0) is 14.3. The SMILES string of the molecule is COCCN(C(=O)CC(N)c1ccccc1)C(C)C. The number of hydrogen-bond donors (Lipinski definition) is 1. The first-order chi connectivity index (χ1) is 9.06. The van der Waals surface area contributed by atoms with Gasteiger partial charge in [-0.3, -0.25) is 4.79 Å². The summed E-state index contributed by atoms with van der Waals surface area (Å²) in [6.45, 7) is 5.15. The highest BCUT2D eigenvalue weighted by atomic mass is 16.5. The fourth-order valence-electron chi connectivity index (χ4n) is 1.98. The van der Waals surface area contributed by atoms with Crippen molar-refractivity contribution in [2.45, 2.75) is 32.4 Å². The zero-order valence-electron chi connectivity index (χ0n) is 12.0. The molecule has 0 spiro atoms. The Bertz CT molecular complexity index is 379. The van der Waals surface area contributed by atoms with Crippen molar-refractivity contribution in [3.8, 4) is 0 Å². The van der Waals surface area contributed by atoms with E-state index in [2.05, 4.69) is 0 Å². The molecule has 2 N–H and O–H groups in total. The molecule has 1 rings (SSSR count). The second kappa shape index (κ2) is 7.92. The van der Waals surface area contributed by atoms with Gasteiger partial charge >= 0.3 is 0 Å². The molecule has 4 heteroatoms. The zero-order valence-corrected chi connectivity index (χ0v) is 12.0. The number of methoxy groups -OCH3 is 1. The van der Waals surface area contributed by atoms with Gasteiger partial charge in [0.25, 0.3) is 0 Å². The van der Waals surface area contributed by atoms with Gasteiger partial charge < -0.3 is 15.4 Å². The first kappa shape index (κ1) is 15.7. The molecule has 1 amide bonds. The van der Waals surface area contributed by atoms with Gasteiger partial charge in [0, 0.05) is 32.2 Å². The van der Waals surface area contributed by atoms with E-state index in [4.69, 9.17) is 10.5 Å². The van der Waals surface area contributed by atoms with Crippen LogP contribution >= 0.6 is 0 Å². The summed E-state index contributed by atoms with van der Waals surface area (Å²) in [7, 11) is 1.64. The van der Waals surface area contributed by atoms with E-state index in [0.717, 1.165) is 5.56 Å². The molecule has 0 aliphatic heterocycles. The van der Waals surface area contributed by atoms with Gasteiger partial charge in [0.15, 0.2) is 0 Å². The molecule has 0 heterocycles. The van der Waals surface area contributed by atoms with Gasteiger partial charge in [0.2, 0.25) is 5.91 Å². The maximum atomic E-state index is 12.3. The summed E-state index contributed by atoms with van der Waals surface area (Å²) in [5.41, 5.74) is 7.08. The van der Waals surface area contributed by atoms with Crippen molar-refractivity contribution in [2.75, 3.05) is 20.3 Å². The maximum absolute atomic E-state index is 12.3. The molecule has 0 aromatic heterocycles. The summed E-state index contributed by atoms with van der Waals surface area (Å²) in [5.74, 6) is 0.0726. The summed E-state index contributed by atoms with van der Waals surface area (Å²) in [5, 5.41) is 0. The van der Waals surface area contributed by atoms with Crippen LogP contribution in [0.15, 0.2) is 30.3 Å². The van der Waals surface area contributed by atoms with E-state index in [9.17, 15) is 4.79 Å².